The zero-order valence-electron chi connectivity index (χ0n) is 13.1. The highest BCUT2D eigenvalue weighted by atomic mass is 15.1. The summed E-state index contributed by atoms with van der Waals surface area (Å²) < 4.78 is 0. The van der Waals surface area contributed by atoms with Gasteiger partial charge in [-0.15, -0.1) is 0 Å². The van der Waals surface area contributed by atoms with Crippen molar-refractivity contribution >= 4 is 11.4 Å². The van der Waals surface area contributed by atoms with Crippen LogP contribution in [0.2, 0.25) is 0 Å². The Morgan fingerprint density at radius 3 is 2.20 bits per heavy atom. The van der Waals surface area contributed by atoms with Crippen LogP contribution < -0.4 is 10.2 Å². The fourth-order valence-corrected chi connectivity index (χ4v) is 2.47. The van der Waals surface area contributed by atoms with Crippen LogP contribution in [0.25, 0.3) is 0 Å². The average molecular weight is 268 g/mol. The molecule has 1 atom stereocenters. The molecule has 1 N–H and O–H groups in total. The summed E-state index contributed by atoms with van der Waals surface area (Å²) >= 11 is 0. The second kappa shape index (κ2) is 6.10. The number of hydrogen-bond donors (Lipinski definition) is 1. The van der Waals surface area contributed by atoms with Crippen LogP contribution >= 0.6 is 0 Å². The highest BCUT2D eigenvalue weighted by Gasteiger charge is 2.08. The first-order valence-corrected chi connectivity index (χ1v) is 7.11. The predicted molar refractivity (Wildman–Crippen MR) is 87.9 cm³/mol. The lowest BCUT2D eigenvalue weighted by Crippen LogP contribution is -2.13. The zero-order chi connectivity index (χ0) is 14.7. The van der Waals surface area contributed by atoms with Crippen LogP contribution in [0.1, 0.15) is 29.7 Å². The Labute approximate surface area is 122 Å². The zero-order valence-corrected chi connectivity index (χ0v) is 13.1. The van der Waals surface area contributed by atoms with Crippen molar-refractivity contribution in [3.05, 3.63) is 59.2 Å². The van der Waals surface area contributed by atoms with Gasteiger partial charge in [0.2, 0.25) is 0 Å². The molecule has 2 aromatic rings. The molecule has 2 aromatic carbocycles. The summed E-state index contributed by atoms with van der Waals surface area (Å²) in [5.41, 5.74) is 6.39. The molecule has 0 aromatic heterocycles. The summed E-state index contributed by atoms with van der Waals surface area (Å²) in [6.07, 6.45) is 0. The summed E-state index contributed by atoms with van der Waals surface area (Å²) in [6.45, 7) is 6.46. The maximum Gasteiger partial charge on any atom is 0.0437 e. The second-order valence-corrected chi connectivity index (χ2v) is 5.45. The molecule has 0 saturated carbocycles. The Bertz CT molecular complexity index is 572. The first kappa shape index (κ1) is 14.6. The summed E-state index contributed by atoms with van der Waals surface area (Å²) in [5, 5.41) is 3.26. The van der Waals surface area contributed by atoms with Gasteiger partial charge in [-0.25, -0.2) is 0 Å². The molecule has 0 spiro atoms. The van der Waals surface area contributed by atoms with E-state index in [1.54, 1.807) is 0 Å². The molecule has 2 rings (SSSR count). The molecule has 0 aliphatic heterocycles. The van der Waals surface area contributed by atoms with Crippen LogP contribution in [0, 0.1) is 13.8 Å². The lowest BCUT2D eigenvalue weighted by Gasteiger charge is -2.22. The molecule has 2 nitrogen and oxygen atoms in total. The van der Waals surface area contributed by atoms with Crippen LogP contribution in [-0.2, 0) is 0 Å². The van der Waals surface area contributed by atoms with Crippen molar-refractivity contribution in [2.75, 3.05) is 19.0 Å². The highest BCUT2D eigenvalue weighted by Crippen LogP contribution is 2.28. The topological polar surface area (TPSA) is 15.3 Å². The number of rotatable bonds is 4. The Balaban J connectivity index is 2.26. The molecule has 2 heteroatoms. The number of nitrogens with zero attached hydrogens (tertiary/aromatic N) is 1. The van der Waals surface area contributed by atoms with Gasteiger partial charge in [-0.2, -0.15) is 0 Å². The number of hydrogen-bond acceptors (Lipinski definition) is 2. The van der Waals surface area contributed by atoms with Crippen molar-refractivity contribution in [3.63, 3.8) is 0 Å². The summed E-state index contributed by atoms with van der Waals surface area (Å²) in [4.78, 5) is 2.24. The van der Waals surface area contributed by atoms with Gasteiger partial charge in [0.25, 0.3) is 0 Å². The molecule has 0 radical (unpaired) electrons. The number of nitrogens with one attached hydrogen (secondary N) is 1. The average Bonchev–Trinajstić information content (AvgIpc) is 2.46. The SMILES string of the molecule is CNC(C)c1ccc(N(C)c2ccc(C)cc2C)cc1. The summed E-state index contributed by atoms with van der Waals surface area (Å²) in [7, 11) is 4.11. The minimum absolute atomic E-state index is 0.385. The lowest BCUT2D eigenvalue weighted by atomic mass is 10.1. The van der Waals surface area contributed by atoms with Crippen LogP contribution in [0.4, 0.5) is 11.4 Å². The van der Waals surface area contributed by atoms with E-state index in [9.17, 15) is 0 Å². The van der Waals surface area contributed by atoms with Gasteiger partial charge in [0.1, 0.15) is 0 Å². The van der Waals surface area contributed by atoms with Crippen molar-refractivity contribution in [2.24, 2.45) is 0 Å². The first-order valence-electron chi connectivity index (χ1n) is 7.11. The predicted octanol–water partition coefficient (Wildman–Crippen LogP) is 4.35. The summed E-state index contributed by atoms with van der Waals surface area (Å²) in [6, 6.07) is 15.7. The third kappa shape index (κ3) is 3.02. The fraction of sp³-hybridized carbons (Fsp3) is 0.333. The minimum atomic E-state index is 0.385. The van der Waals surface area contributed by atoms with E-state index in [4.69, 9.17) is 0 Å². The fourth-order valence-electron chi connectivity index (χ4n) is 2.47. The van der Waals surface area contributed by atoms with E-state index < -0.39 is 0 Å². The highest BCUT2D eigenvalue weighted by molar-refractivity contribution is 5.66. The maximum atomic E-state index is 3.26. The third-order valence-electron chi connectivity index (χ3n) is 3.93. The lowest BCUT2D eigenvalue weighted by molar-refractivity contribution is 0.652. The molecular weight excluding hydrogens is 244 g/mol. The van der Waals surface area contributed by atoms with Crippen molar-refractivity contribution in [1.82, 2.24) is 5.32 Å². The largest absolute Gasteiger partial charge is 0.344 e. The van der Waals surface area contributed by atoms with E-state index >= 15 is 0 Å². The molecule has 0 saturated heterocycles. The van der Waals surface area contributed by atoms with Gasteiger partial charge in [-0.3, -0.25) is 0 Å². The monoisotopic (exact) mass is 268 g/mol. The van der Waals surface area contributed by atoms with Gasteiger partial charge in [0.05, 0.1) is 0 Å². The molecule has 0 aliphatic rings. The van der Waals surface area contributed by atoms with Crippen LogP contribution in [0.3, 0.4) is 0 Å². The minimum Gasteiger partial charge on any atom is -0.344 e. The van der Waals surface area contributed by atoms with Gasteiger partial charge >= 0.3 is 0 Å². The molecule has 0 bridgehead atoms. The van der Waals surface area contributed by atoms with E-state index in [0.29, 0.717) is 6.04 Å². The van der Waals surface area contributed by atoms with Gasteiger partial charge in [-0.05, 0) is 57.1 Å². The van der Waals surface area contributed by atoms with Gasteiger partial charge < -0.3 is 10.2 Å². The van der Waals surface area contributed by atoms with Crippen molar-refractivity contribution in [2.45, 2.75) is 26.8 Å². The van der Waals surface area contributed by atoms with Gasteiger partial charge in [-0.1, -0.05) is 29.8 Å². The normalized spacial score (nSPS) is 12.2. The molecule has 106 valence electrons. The molecule has 20 heavy (non-hydrogen) atoms. The number of benzene rings is 2. The molecule has 0 fully saturated rings. The summed E-state index contributed by atoms with van der Waals surface area (Å²) in [5.74, 6) is 0. The van der Waals surface area contributed by atoms with E-state index in [2.05, 4.69) is 80.5 Å². The van der Waals surface area contributed by atoms with Crippen molar-refractivity contribution in [1.29, 1.82) is 0 Å². The van der Waals surface area contributed by atoms with Gasteiger partial charge in [0, 0.05) is 24.5 Å². The van der Waals surface area contributed by atoms with Crippen LogP contribution in [-0.4, -0.2) is 14.1 Å². The number of anilines is 2. The standard InChI is InChI=1S/C18H24N2/c1-13-6-11-18(14(2)12-13)20(5)17-9-7-16(8-10-17)15(3)19-4/h6-12,15,19H,1-5H3. The molecule has 1 unspecified atom stereocenters. The van der Waals surface area contributed by atoms with Gasteiger partial charge in [0.15, 0.2) is 0 Å². The van der Waals surface area contributed by atoms with Crippen molar-refractivity contribution in [3.8, 4) is 0 Å². The smallest absolute Gasteiger partial charge is 0.0437 e. The van der Waals surface area contributed by atoms with Crippen LogP contribution in [0.5, 0.6) is 0 Å². The van der Waals surface area contributed by atoms with E-state index in [-0.39, 0.29) is 0 Å². The van der Waals surface area contributed by atoms with Crippen LogP contribution in [0.15, 0.2) is 42.5 Å². The van der Waals surface area contributed by atoms with E-state index in [0.717, 1.165) is 0 Å². The Morgan fingerprint density at radius 2 is 1.65 bits per heavy atom. The molecule has 0 aliphatic carbocycles. The Kier molecular flexibility index (Phi) is 4.46. The Hall–Kier alpha value is -1.80. The Morgan fingerprint density at radius 1 is 1.00 bits per heavy atom. The first-order chi connectivity index (χ1) is 9.52. The van der Waals surface area contributed by atoms with E-state index in [1.165, 1.54) is 28.1 Å². The van der Waals surface area contributed by atoms with E-state index in [1.807, 2.05) is 7.05 Å². The van der Waals surface area contributed by atoms with Crippen molar-refractivity contribution < 1.29 is 0 Å². The molecule has 0 amide bonds. The number of aryl methyl sites for hydroxylation is 2. The molecule has 0 heterocycles. The quantitative estimate of drug-likeness (QED) is 0.886. The maximum absolute atomic E-state index is 3.26. The molecular formula is C18H24N2. The second-order valence-electron chi connectivity index (χ2n) is 5.45. The third-order valence-corrected chi connectivity index (χ3v) is 3.93.